The highest BCUT2D eigenvalue weighted by molar-refractivity contribution is 6.06. The fraction of sp³-hybridized carbons (Fsp3) is 0.417. The van der Waals surface area contributed by atoms with Gasteiger partial charge in [0.1, 0.15) is 0 Å². The number of hydrogen-bond donors (Lipinski definition) is 0. The van der Waals surface area contributed by atoms with Crippen LogP contribution in [0.5, 0.6) is 0 Å². The number of carbonyl (C=O) groups is 1. The molecule has 5 nitrogen and oxygen atoms in total. The van der Waals surface area contributed by atoms with Gasteiger partial charge in [0.05, 0.1) is 22.1 Å². The average Bonchev–Trinajstić information content (AvgIpc) is 2.55. The van der Waals surface area contributed by atoms with Gasteiger partial charge in [0, 0.05) is 12.6 Å². The number of nitro groups is 1. The maximum absolute atomic E-state index is 12.0. The minimum atomic E-state index is -0.419. The van der Waals surface area contributed by atoms with Crippen LogP contribution in [0.4, 0.5) is 11.4 Å². The van der Waals surface area contributed by atoms with E-state index in [9.17, 15) is 14.9 Å². The second-order valence-electron chi connectivity index (χ2n) is 4.18. The van der Waals surface area contributed by atoms with Gasteiger partial charge in [-0.05, 0) is 19.4 Å². The van der Waals surface area contributed by atoms with E-state index in [0.717, 1.165) is 6.42 Å². The standard InChI is InChI=1S/C12H14N2O3/c1-3-7-13-9-5-4-6-10(14(16)17)11(9)8(2)12(13)15/h4-6,8H,3,7H2,1-2H3. The molecule has 1 unspecified atom stereocenters. The summed E-state index contributed by atoms with van der Waals surface area (Å²) >= 11 is 0. The molecule has 0 spiro atoms. The summed E-state index contributed by atoms with van der Waals surface area (Å²) in [6.07, 6.45) is 0.834. The zero-order valence-electron chi connectivity index (χ0n) is 9.84. The Kier molecular flexibility index (Phi) is 2.83. The Morgan fingerprint density at radius 2 is 2.18 bits per heavy atom. The lowest BCUT2D eigenvalue weighted by Gasteiger charge is -2.16. The van der Waals surface area contributed by atoms with E-state index in [1.54, 1.807) is 24.0 Å². The minimum Gasteiger partial charge on any atom is -0.311 e. The van der Waals surface area contributed by atoms with Crippen molar-refractivity contribution in [1.29, 1.82) is 0 Å². The van der Waals surface area contributed by atoms with Gasteiger partial charge >= 0.3 is 0 Å². The molecule has 0 saturated heterocycles. The molecule has 0 fully saturated rings. The highest BCUT2D eigenvalue weighted by atomic mass is 16.6. The fourth-order valence-electron chi connectivity index (χ4n) is 2.31. The molecule has 1 atom stereocenters. The monoisotopic (exact) mass is 234 g/mol. The van der Waals surface area contributed by atoms with Crippen molar-refractivity contribution in [3.05, 3.63) is 33.9 Å². The van der Waals surface area contributed by atoms with Gasteiger partial charge in [-0.2, -0.15) is 0 Å². The van der Waals surface area contributed by atoms with Crippen LogP contribution < -0.4 is 4.90 Å². The summed E-state index contributed by atoms with van der Waals surface area (Å²) in [7, 11) is 0. The van der Waals surface area contributed by atoms with Crippen LogP contribution in [-0.4, -0.2) is 17.4 Å². The van der Waals surface area contributed by atoms with Crippen molar-refractivity contribution in [1.82, 2.24) is 0 Å². The Morgan fingerprint density at radius 1 is 1.47 bits per heavy atom. The first kappa shape index (κ1) is 11.6. The zero-order chi connectivity index (χ0) is 12.6. The van der Waals surface area contributed by atoms with Crippen molar-refractivity contribution in [3.8, 4) is 0 Å². The molecule has 0 aliphatic carbocycles. The quantitative estimate of drug-likeness (QED) is 0.596. The van der Waals surface area contributed by atoms with Gasteiger partial charge < -0.3 is 4.90 Å². The molecule has 0 saturated carbocycles. The number of fused-ring (bicyclic) bond motifs is 1. The van der Waals surface area contributed by atoms with Crippen molar-refractivity contribution in [2.75, 3.05) is 11.4 Å². The van der Waals surface area contributed by atoms with Crippen LogP contribution in [0.3, 0.4) is 0 Å². The first-order valence-corrected chi connectivity index (χ1v) is 5.66. The molecule has 1 amide bonds. The molecule has 1 aliphatic rings. The van der Waals surface area contributed by atoms with Crippen molar-refractivity contribution >= 4 is 17.3 Å². The highest BCUT2D eigenvalue weighted by Crippen LogP contribution is 2.42. The van der Waals surface area contributed by atoms with Gasteiger partial charge in [-0.15, -0.1) is 0 Å². The highest BCUT2D eigenvalue weighted by Gasteiger charge is 2.38. The Bertz CT molecular complexity index is 485. The van der Waals surface area contributed by atoms with Crippen molar-refractivity contribution in [2.24, 2.45) is 0 Å². The van der Waals surface area contributed by atoms with Gasteiger partial charge in [0.25, 0.3) is 5.69 Å². The Labute approximate surface area is 99.2 Å². The van der Waals surface area contributed by atoms with Crippen LogP contribution in [0.1, 0.15) is 31.7 Å². The van der Waals surface area contributed by atoms with Crippen molar-refractivity contribution < 1.29 is 9.72 Å². The van der Waals surface area contributed by atoms with Crippen molar-refractivity contribution in [3.63, 3.8) is 0 Å². The summed E-state index contributed by atoms with van der Waals surface area (Å²) in [5, 5.41) is 11.0. The molecule has 0 radical (unpaired) electrons. The lowest BCUT2D eigenvalue weighted by atomic mass is 10.0. The van der Waals surface area contributed by atoms with E-state index < -0.39 is 10.8 Å². The smallest absolute Gasteiger partial charge is 0.275 e. The normalized spacial score (nSPS) is 18.4. The second-order valence-corrected chi connectivity index (χ2v) is 4.18. The maximum atomic E-state index is 12.0. The van der Waals surface area contributed by atoms with Gasteiger partial charge in [-0.1, -0.05) is 13.0 Å². The Hall–Kier alpha value is -1.91. The number of carbonyl (C=O) groups excluding carboxylic acids is 1. The molecule has 1 heterocycles. The summed E-state index contributed by atoms with van der Waals surface area (Å²) in [6.45, 7) is 4.31. The predicted octanol–water partition coefficient (Wildman–Crippen LogP) is 2.45. The molecule has 0 N–H and O–H groups in total. The van der Waals surface area contributed by atoms with Gasteiger partial charge in [0.15, 0.2) is 0 Å². The molecular formula is C12H14N2O3. The number of rotatable bonds is 3. The van der Waals surface area contributed by atoms with E-state index in [2.05, 4.69) is 0 Å². The third-order valence-electron chi connectivity index (χ3n) is 3.06. The van der Waals surface area contributed by atoms with Crippen LogP contribution in [0, 0.1) is 10.1 Å². The van der Waals surface area contributed by atoms with Gasteiger partial charge in [-0.25, -0.2) is 0 Å². The second kappa shape index (κ2) is 4.16. The van der Waals surface area contributed by atoms with Crippen LogP contribution >= 0.6 is 0 Å². The number of nitrogens with zero attached hydrogens (tertiary/aromatic N) is 2. The largest absolute Gasteiger partial charge is 0.311 e. The van der Waals surface area contributed by atoms with E-state index in [4.69, 9.17) is 0 Å². The van der Waals surface area contributed by atoms with Crippen LogP contribution in [0.25, 0.3) is 0 Å². The Balaban J connectivity index is 2.57. The van der Waals surface area contributed by atoms with E-state index in [1.165, 1.54) is 6.07 Å². The number of benzene rings is 1. The molecule has 5 heteroatoms. The third-order valence-corrected chi connectivity index (χ3v) is 3.06. The molecule has 1 aliphatic heterocycles. The van der Waals surface area contributed by atoms with Crippen LogP contribution in [-0.2, 0) is 4.79 Å². The summed E-state index contributed by atoms with van der Waals surface area (Å²) in [4.78, 5) is 24.2. The molecule has 1 aromatic carbocycles. The first-order chi connectivity index (χ1) is 8.07. The van der Waals surface area contributed by atoms with Crippen LogP contribution in [0.15, 0.2) is 18.2 Å². The number of amides is 1. The molecule has 0 bridgehead atoms. The van der Waals surface area contributed by atoms with E-state index in [-0.39, 0.29) is 11.6 Å². The summed E-state index contributed by atoms with van der Waals surface area (Å²) in [5.74, 6) is -0.464. The Morgan fingerprint density at radius 3 is 2.76 bits per heavy atom. The van der Waals surface area contributed by atoms with E-state index in [1.807, 2.05) is 6.92 Å². The average molecular weight is 234 g/mol. The lowest BCUT2D eigenvalue weighted by Crippen LogP contribution is -2.28. The lowest BCUT2D eigenvalue weighted by molar-refractivity contribution is -0.385. The fourth-order valence-corrected chi connectivity index (χ4v) is 2.31. The van der Waals surface area contributed by atoms with Gasteiger partial charge in [-0.3, -0.25) is 14.9 Å². The predicted molar refractivity (Wildman–Crippen MR) is 64.2 cm³/mol. The molecule has 2 rings (SSSR count). The first-order valence-electron chi connectivity index (χ1n) is 5.66. The minimum absolute atomic E-state index is 0.0435. The summed E-state index contributed by atoms with van der Waals surface area (Å²) < 4.78 is 0. The SMILES string of the molecule is CCCN1C(=O)C(C)c2c1cccc2[N+](=O)[O-]. The number of hydrogen-bond acceptors (Lipinski definition) is 3. The van der Waals surface area contributed by atoms with Crippen molar-refractivity contribution in [2.45, 2.75) is 26.2 Å². The molecule has 90 valence electrons. The maximum Gasteiger partial charge on any atom is 0.275 e. The summed E-state index contributed by atoms with van der Waals surface area (Å²) in [6, 6.07) is 4.86. The molecular weight excluding hydrogens is 220 g/mol. The third kappa shape index (κ3) is 1.67. The zero-order valence-corrected chi connectivity index (χ0v) is 9.84. The number of nitro benzene ring substituents is 1. The topological polar surface area (TPSA) is 63.5 Å². The summed E-state index contributed by atoms with van der Waals surface area (Å²) in [5.41, 5.74) is 1.29. The van der Waals surface area contributed by atoms with Gasteiger partial charge in [0.2, 0.25) is 5.91 Å². The molecule has 0 aromatic heterocycles. The van der Waals surface area contributed by atoms with E-state index >= 15 is 0 Å². The number of anilines is 1. The molecule has 1 aromatic rings. The molecule has 17 heavy (non-hydrogen) atoms. The van der Waals surface area contributed by atoms with Crippen LogP contribution in [0.2, 0.25) is 0 Å². The van der Waals surface area contributed by atoms with E-state index in [0.29, 0.717) is 17.8 Å².